The van der Waals surface area contributed by atoms with Gasteiger partial charge in [0.25, 0.3) is 5.69 Å². The van der Waals surface area contributed by atoms with E-state index in [-0.39, 0.29) is 11.1 Å². The third kappa shape index (κ3) is 3.31. The molecule has 0 aliphatic heterocycles. The smallest absolute Gasteiger partial charge is 0.287 e. The number of anilines is 1. The van der Waals surface area contributed by atoms with Crippen molar-refractivity contribution in [1.29, 1.82) is 0 Å². The normalized spacial score (nSPS) is 11.3. The summed E-state index contributed by atoms with van der Waals surface area (Å²) in [6, 6.07) is 2.94. The largest absolute Gasteiger partial charge is 0.443 e. The van der Waals surface area contributed by atoms with E-state index in [1.165, 1.54) is 12.3 Å². The molecule has 0 aliphatic rings. The first-order valence-electron chi connectivity index (χ1n) is 6.16. The van der Waals surface area contributed by atoms with E-state index < -0.39 is 4.92 Å². The first-order valence-corrected chi connectivity index (χ1v) is 6.16. The van der Waals surface area contributed by atoms with E-state index in [0.717, 1.165) is 5.76 Å². The van der Waals surface area contributed by atoms with Crippen LogP contribution in [-0.2, 0) is 12.0 Å². The van der Waals surface area contributed by atoms with E-state index in [4.69, 9.17) is 4.42 Å². The molecule has 0 aliphatic carbocycles. The third-order valence-corrected chi connectivity index (χ3v) is 2.67. The first-order chi connectivity index (χ1) is 9.36. The number of aromatic nitrogens is 2. The van der Waals surface area contributed by atoms with Gasteiger partial charge in [0.05, 0.1) is 17.7 Å². The lowest BCUT2D eigenvalue weighted by Gasteiger charge is -2.13. The number of pyridine rings is 1. The highest BCUT2D eigenvalue weighted by Gasteiger charge is 2.19. The fraction of sp³-hybridized carbons (Fsp3) is 0.385. The van der Waals surface area contributed by atoms with Crippen molar-refractivity contribution in [2.45, 2.75) is 32.7 Å². The van der Waals surface area contributed by atoms with Crippen LogP contribution in [0.3, 0.4) is 0 Å². The maximum absolute atomic E-state index is 10.5. The Bertz CT molecular complexity index is 599. The molecule has 0 amide bonds. The summed E-state index contributed by atoms with van der Waals surface area (Å²) in [7, 11) is 0. The van der Waals surface area contributed by atoms with E-state index in [1.807, 2.05) is 20.8 Å². The zero-order valence-corrected chi connectivity index (χ0v) is 11.6. The van der Waals surface area contributed by atoms with Gasteiger partial charge in [-0.15, -0.1) is 0 Å². The highest BCUT2D eigenvalue weighted by molar-refractivity contribution is 5.40. The molecular weight excluding hydrogens is 260 g/mol. The summed E-state index contributed by atoms with van der Waals surface area (Å²) < 4.78 is 5.62. The number of oxazole rings is 1. The maximum Gasteiger partial charge on any atom is 0.287 e. The minimum Gasteiger partial charge on any atom is -0.443 e. The molecule has 2 aromatic heterocycles. The van der Waals surface area contributed by atoms with Crippen LogP contribution in [0.2, 0.25) is 0 Å². The number of hydrogen-bond acceptors (Lipinski definition) is 6. The molecule has 0 bridgehead atoms. The van der Waals surface area contributed by atoms with Gasteiger partial charge in [-0.25, -0.2) is 9.97 Å². The second-order valence-corrected chi connectivity index (χ2v) is 5.38. The number of nitrogens with zero attached hydrogens (tertiary/aromatic N) is 3. The molecule has 2 rings (SSSR count). The van der Waals surface area contributed by atoms with Crippen LogP contribution in [0.15, 0.2) is 28.9 Å². The minimum absolute atomic E-state index is 0.0401. The molecule has 7 nitrogen and oxygen atoms in total. The zero-order chi connectivity index (χ0) is 14.8. The average molecular weight is 276 g/mol. The molecule has 2 heterocycles. The molecule has 0 spiro atoms. The molecule has 0 radical (unpaired) electrons. The zero-order valence-electron chi connectivity index (χ0n) is 11.6. The summed E-state index contributed by atoms with van der Waals surface area (Å²) in [6.45, 7) is 6.51. The van der Waals surface area contributed by atoms with Gasteiger partial charge in [0.1, 0.15) is 17.8 Å². The van der Waals surface area contributed by atoms with Gasteiger partial charge in [0, 0.05) is 11.5 Å². The Kier molecular flexibility index (Phi) is 3.69. The number of hydrogen-bond donors (Lipinski definition) is 1. The number of nitro groups is 1. The lowest BCUT2D eigenvalue weighted by atomic mass is 9.94. The van der Waals surface area contributed by atoms with Gasteiger partial charge in [-0.3, -0.25) is 10.1 Å². The summed E-state index contributed by atoms with van der Waals surface area (Å²) in [5, 5.41) is 13.5. The molecular formula is C13H16N4O3. The predicted molar refractivity (Wildman–Crippen MR) is 73.4 cm³/mol. The quantitative estimate of drug-likeness (QED) is 0.681. The number of nitrogens with one attached hydrogen (secondary N) is 1. The molecule has 0 saturated heterocycles. The van der Waals surface area contributed by atoms with Crippen LogP contribution in [0.4, 0.5) is 11.5 Å². The molecule has 20 heavy (non-hydrogen) atoms. The summed E-state index contributed by atoms with van der Waals surface area (Å²) in [4.78, 5) is 18.1. The molecule has 0 unspecified atom stereocenters. The van der Waals surface area contributed by atoms with Gasteiger partial charge in [-0.1, -0.05) is 20.8 Å². The van der Waals surface area contributed by atoms with Crippen LogP contribution in [0.1, 0.15) is 32.4 Å². The fourth-order valence-corrected chi connectivity index (χ4v) is 1.50. The second kappa shape index (κ2) is 5.28. The molecule has 2 aromatic rings. The van der Waals surface area contributed by atoms with Crippen molar-refractivity contribution >= 4 is 11.5 Å². The van der Waals surface area contributed by atoms with E-state index in [2.05, 4.69) is 15.3 Å². The van der Waals surface area contributed by atoms with E-state index >= 15 is 0 Å². The van der Waals surface area contributed by atoms with Crippen LogP contribution in [0.5, 0.6) is 0 Å². The van der Waals surface area contributed by atoms with Crippen LogP contribution in [0.25, 0.3) is 0 Å². The molecule has 0 atom stereocenters. The van der Waals surface area contributed by atoms with Crippen LogP contribution in [-0.4, -0.2) is 14.9 Å². The SMILES string of the molecule is CC(C)(C)c1cnc(CNc2ccc([N+](=O)[O-])cn2)o1. The average Bonchev–Trinajstić information content (AvgIpc) is 2.85. The highest BCUT2D eigenvalue weighted by Crippen LogP contribution is 2.22. The molecule has 0 saturated carbocycles. The Morgan fingerprint density at radius 3 is 2.55 bits per heavy atom. The Morgan fingerprint density at radius 1 is 1.30 bits per heavy atom. The standard InChI is InChI=1S/C13H16N4O3/c1-13(2,3)10-7-16-12(20-10)8-15-11-5-4-9(6-14-11)17(18)19/h4-7H,8H2,1-3H3,(H,14,15). The summed E-state index contributed by atoms with van der Waals surface area (Å²) in [6.07, 6.45) is 2.92. The van der Waals surface area contributed by atoms with Crippen molar-refractivity contribution in [2.24, 2.45) is 0 Å². The summed E-state index contributed by atoms with van der Waals surface area (Å²) in [5.74, 6) is 1.90. The maximum atomic E-state index is 10.5. The van der Waals surface area contributed by atoms with Gasteiger partial charge in [0.15, 0.2) is 0 Å². The fourth-order valence-electron chi connectivity index (χ4n) is 1.50. The van der Waals surface area contributed by atoms with Gasteiger partial charge >= 0.3 is 0 Å². The van der Waals surface area contributed by atoms with Crippen molar-refractivity contribution in [3.05, 3.63) is 46.3 Å². The van der Waals surface area contributed by atoms with Crippen molar-refractivity contribution in [3.63, 3.8) is 0 Å². The highest BCUT2D eigenvalue weighted by atomic mass is 16.6. The topological polar surface area (TPSA) is 94.1 Å². The summed E-state index contributed by atoms with van der Waals surface area (Å²) >= 11 is 0. The lowest BCUT2D eigenvalue weighted by molar-refractivity contribution is -0.385. The van der Waals surface area contributed by atoms with Crippen molar-refractivity contribution in [2.75, 3.05) is 5.32 Å². The second-order valence-electron chi connectivity index (χ2n) is 5.38. The first kappa shape index (κ1) is 14.0. The van der Waals surface area contributed by atoms with E-state index in [0.29, 0.717) is 18.3 Å². The van der Waals surface area contributed by atoms with E-state index in [9.17, 15) is 10.1 Å². The molecule has 1 N–H and O–H groups in total. The molecule has 0 aromatic carbocycles. The van der Waals surface area contributed by atoms with Crippen LogP contribution >= 0.6 is 0 Å². The third-order valence-electron chi connectivity index (χ3n) is 2.67. The predicted octanol–water partition coefficient (Wildman–Crippen LogP) is 2.89. The molecule has 7 heteroatoms. The monoisotopic (exact) mass is 276 g/mol. The summed E-state index contributed by atoms with van der Waals surface area (Å²) in [5.41, 5.74) is -0.127. The van der Waals surface area contributed by atoms with Gasteiger partial charge in [-0.05, 0) is 6.07 Å². The molecule has 106 valence electrons. The van der Waals surface area contributed by atoms with Gasteiger partial charge < -0.3 is 9.73 Å². The van der Waals surface area contributed by atoms with Crippen molar-refractivity contribution in [3.8, 4) is 0 Å². The molecule has 0 fully saturated rings. The Labute approximate surface area is 116 Å². The van der Waals surface area contributed by atoms with E-state index in [1.54, 1.807) is 12.3 Å². The Balaban J connectivity index is 1.98. The van der Waals surface area contributed by atoms with Crippen molar-refractivity contribution < 1.29 is 9.34 Å². The lowest BCUT2D eigenvalue weighted by Crippen LogP contribution is -2.09. The minimum atomic E-state index is -0.486. The Hall–Kier alpha value is -2.44. The van der Waals surface area contributed by atoms with Gasteiger partial charge in [-0.2, -0.15) is 0 Å². The number of rotatable bonds is 4. The van der Waals surface area contributed by atoms with Gasteiger partial charge in [0.2, 0.25) is 5.89 Å². The van der Waals surface area contributed by atoms with Crippen LogP contribution < -0.4 is 5.32 Å². The van der Waals surface area contributed by atoms with Crippen LogP contribution in [0, 0.1) is 10.1 Å². The van der Waals surface area contributed by atoms with Crippen molar-refractivity contribution in [1.82, 2.24) is 9.97 Å². The Morgan fingerprint density at radius 2 is 2.05 bits per heavy atom.